The SMILES string of the molecule is CC(C)(Cc1cccc(C(=O)NCc2ccc(-c3ccc(O)cc3)cc2)c1)NC[C@@H](O)c1ccc(O)c(NC=O)c1. The molecule has 0 aromatic heterocycles. The molecule has 0 spiro atoms. The van der Waals surface area contributed by atoms with E-state index in [0.717, 1.165) is 22.3 Å². The Morgan fingerprint density at radius 2 is 1.56 bits per heavy atom. The number of carbonyl (C=O) groups excluding carboxylic acids is 2. The second-order valence-electron chi connectivity index (χ2n) is 10.6. The van der Waals surface area contributed by atoms with Gasteiger partial charge in [0, 0.05) is 24.2 Å². The first-order chi connectivity index (χ1) is 19.6. The minimum atomic E-state index is -0.852. The third kappa shape index (κ3) is 8.17. The highest BCUT2D eigenvalue weighted by molar-refractivity contribution is 5.94. The molecular formula is C33H35N3O5. The molecule has 4 aromatic carbocycles. The number of aliphatic hydroxyl groups excluding tert-OH is 1. The zero-order valence-corrected chi connectivity index (χ0v) is 23.1. The van der Waals surface area contributed by atoms with Gasteiger partial charge in [0.15, 0.2) is 0 Å². The second kappa shape index (κ2) is 13.1. The van der Waals surface area contributed by atoms with Crippen LogP contribution in [-0.2, 0) is 17.8 Å². The molecule has 212 valence electrons. The van der Waals surface area contributed by atoms with Crippen LogP contribution >= 0.6 is 0 Å². The number of benzene rings is 4. The average molecular weight is 554 g/mol. The van der Waals surface area contributed by atoms with E-state index in [-0.39, 0.29) is 29.6 Å². The monoisotopic (exact) mass is 553 g/mol. The maximum absolute atomic E-state index is 12.9. The van der Waals surface area contributed by atoms with Crippen molar-refractivity contribution in [2.75, 3.05) is 11.9 Å². The van der Waals surface area contributed by atoms with Crippen LogP contribution in [0.4, 0.5) is 5.69 Å². The number of rotatable bonds is 12. The molecule has 8 heteroatoms. The fraction of sp³-hybridized carbons (Fsp3) is 0.212. The number of aliphatic hydroxyl groups is 1. The summed E-state index contributed by atoms with van der Waals surface area (Å²) in [6, 6.07) is 27.0. The van der Waals surface area contributed by atoms with Crippen LogP contribution in [0.25, 0.3) is 11.1 Å². The van der Waals surface area contributed by atoms with E-state index >= 15 is 0 Å². The maximum atomic E-state index is 12.9. The predicted octanol–water partition coefficient (Wildman–Crippen LogP) is 4.91. The number of nitrogens with one attached hydrogen (secondary N) is 3. The van der Waals surface area contributed by atoms with E-state index in [0.29, 0.717) is 30.5 Å². The number of β-amino-alcohol motifs (C(OH)–C–C–N with tert-alkyl or cyclic N) is 1. The number of aromatic hydroxyl groups is 2. The van der Waals surface area contributed by atoms with Gasteiger partial charge in [0.1, 0.15) is 11.5 Å². The molecule has 0 heterocycles. The van der Waals surface area contributed by atoms with E-state index in [1.807, 2.05) is 68.4 Å². The Bertz CT molecular complexity index is 1480. The first kappa shape index (κ1) is 29.3. The zero-order valence-electron chi connectivity index (χ0n) is 23.1. The molecule has 0 fully saturated rings. The second-order valence-corrected chi connectivity index (χ2v) is 10.6. The van der Waals surface area contributed by atoms with Crippen molar-refractivity contribution >= 4 is 18.0 Å². The molecule has 0 aliphatic carbocycles. The Morgan fingerprint density at radius 1 is 0.878 bits per heavy atom. The van der Waals surface area contributed by atoms with Crippen LogP contribution in [0.3, 0.4) is 0 Å². The highest BCUT2D eigenvalue weighted by Crippen LogP contribution is 2.27. The minimum Gasteiger partial charge on any atom is -0.508 e. The van der Waals surface area contributed by atoms with Gasteiger partial charge in [-0.3, -0.25) is 9.59 Å². The summed E-state index contributed by atoms with van der Waals surface area (Å²) in [6.07, 6.45) is 0.236. The molecule has 0 saturated carbocycles. The summed E-state index contributed by atoms with van der Waals surface area (Å²) in [6.45, 7) is 4.68. The van der Waals surface area contributed by atoms with Gasteiger partial charge in [0.2, 0.25) is 6.41 Å². The van der Waals surface area contributed by atoms with Crippen LogP contribution in [0, 0.1) is 0 Å². The maximum Gasteiger partial charge on any atom is 0.251 e. The first-order valence-electron chi connectivity index (χ1n) is 13.4. The predicted molar refractivity (Wildman–Crippen MR) is 160 cm³/mol. The molecule has 2 amide bonds. The fourth-order valence-electron chi connectivity index (χ4n) is 4.58. The van der Waals surface area contributed by atoms with Crippen molar-refractivity contribution in [2.45, 2.75) is 38.5 Å². The third-order valence-electron chi connectivity index (χ3n) is 6.84. The summed E-state index contributed by atoms with van der Waals surface area (Å²) >= 11 is 0. The number of phenolic OH excluding ortho intramolecular Hbond substituents is 2. The lowest BCUT2D eigenvalue weighted by atomic mass is 9.93. The van der Waals surface area contributed by atoms with Crippen molar-refractivity contribution in [1.29, 1.82) is 0 Å². The van der Waals surface area contributed by atoms with Crippen LogP contribution < -0.4 is 16.0 Å². The van der Waals surface area contributed by atoms with Gasteiger partial charge in [-0.25, -0.2) is 0 Å². The molecule has 6 N–H and O–H groups in total. The van der Waals surface area contributed by atoms with E-state index in [4.69, 9.17) is 0 Å². The van der Waals surface area contributed by atoms with Gasteiger partial charge in [-0.05, 0) is 84.5 Å². The van der Waals surface area contributed by atoms with Gasteiger partial charge in [-0.1, -0.05) is 54.6 Å². The molecule has 0 unspecified atom stereocenters. The van der Waals surface area contributed by atoms with Crippen LogP contribution in [0.2, 0.25) is 0 Å². The van der Waals surface area contributed by atoms with Gasteiger partial charge in [0.25, 0.3) is 5.91 Å². The van der Waals surface area contributed by atoms with E-state index in [1.54, 1.807) is 24.3 Å². The van der Waals surface area contributed by atoms with Gasteiger partial charge < -0.3 is 31.3 Å². The molecule has 4 aromatic rings. The van der Waals surface area contributed by atoms with Crippen molar-refractivity contribution in [3.8, 4) is 22.6 Å². The van der Waals surface area contributed by atoms with Gasteiger partial charge in [0.05, 0.1) is 11.8 Å². The summed E-state index contributed by atoms with van der Waals surface area (Å²) in [7, 11) is 0. The molecule has 4 rings (SSSR count). The third-order valence-corrected chi connectivity index (χ3v) is 6.84. The number of amides is 2. The van der Waals surface area contributed by atoms with E-state index in [2.05, 4.69) is 16.0 Å². The Morgan fingerprint density at radius 3 is 2.24 bits per heavy atom. The quantitative estimate of drug-likeness (QED) is 0.109. The smallest absolute Gasteiger partial charge is 0.251 e. The van der Waals surface area contributed by atoms with Gasteiger partial charge in [-0.15, -0.1) is 0 Å². The number of phenols is 2. The summed E-state index contributed by atoms with van der Waals surface area (Å²) in [5.41, 5.74) is 4.95. The molecule has 0 aliphatic rings. The van der Waals surface area contributed by atoms with Crippen LogP contribution in [0.15, 0.2) is 91.0 Å². The number of hydrogen-bond donors (Lipinski definition) is 6. The van der Waals surface area contributed by atoms with E-state index < -0.39 is 11.6 Å². The fourth-order valence-corrected chi connectivity index (χ4v) is 4.58. The minimum absolute atomic E-state index is 0.0752. The average Bonchev–Trinajstić information content (AvgIpc) is 2.96. The molecular weight excluding hydrogens is 518 g/mol. The van der Waals surface area contributed by atoms with Crippen molar-refractivity contribution in [3.63, 3.8) is 0 Å². The Kier molecular flexibility index (Phi) is 9.39. The molecule has 1 atom stereocenters. The standard InChI is InChI=1S/C33H35N3O5/c1-33(2,36-20-31(40)26-12-15-30(39)29(17-26)35-21-37)18-23-4-3-5-27(16-23)32(41)34-19-22-6-8-24(9-7-22)25-10-13-28(38)14-11-25/h3-17,21,31,36,38-40H,18-20H2,1-2H3,(H,34,41)(H,35,37)/t31-/m1/s1. The number of hydrogen-bond acceptors (Lipinski definition) is 6. The summed E-state index contributed by atoms with van der Waals surface area (Å²) in [5.74, 6) is -0.0120. The first-order valence-corrected chi connectivity index (χ1v) is 13.4. The van der Waals surface area contributed by atoms with Crippen LogP contribution in [0.5, 0.6) is 11.5 Å². The molecule has 41 heavy (non-hydrogen) atoms. The number of carbonyl (C=O) groups is 2. The summed E-state index contributed by atoms with van der Waals surface area (Å²) in [5, 5.41) is 38.7. The highest BCUT2D eigenvalue weighted by atomic mass is 16.3. The topological polar surface area (TPSA) is 131 Å². The van der Waals surface area contributed by atoms with Crippen molar-refractivity contribution in [2.24, 2.45) is 0 Å². The molecule has 0 aliphatic heterocycles. The number of anilines is 1. The molecule has 8 nitrogen and oxygen atoms in total. The lowest BCUT2D eigenvalue weighted by Crippen LogP contribution is -2.43. The van der Waals surface area contributed by atoms with E-state index in [9.17, 15) is 24.9 Å². The summed E-state index contributed by atoms with van der Waals surface area (Å²) < 4.78 is 0. The Balaban J connectivity index is 1.31. The normalized spacial score (nSPS) is 12.0. The van der Waals surface area contributed by atoms with E-state index in [1.165, 1.54) is 12.1 Å². The molecule has 0 saturated heterocycles. The molecule has 0 bridgehead atoms. The summed E-state index contributed by atoms with van der Waals surface area (Å²) in [4.78, 5) is 23.6. The lowest BCUT2D eigenvalue weighted by molar-refractivity contribution is -0.105. The van der Waals surface area contributed by atoms with Crippen LogP contribution in [-0.4, -0.2) is 39.7 Å². The van der Waals surface area contributed by atoms with Crippen LogP contribution in [0.1, 0.15) is 47.0 Å². The Labute approximate surface area is 239 Å². The lowest BCUT2D eigenvalue weighted by Gasteiger charge is -2.28. The Hall–Kier alpha value is -4.66. The van der Waals surface area contributed by atoms with Crippen molar-refractivity contribution in [1.82, 2.24) is 10.6 Å². The van der Waals surface area contributed by atoms with Gasteiger partial charge in [-0.2, -0.15) is 0 Å². The van der Waals surface area contributed by atoms with Gasteiger partial charge >= 0.3 is 0 Å². The van der Waals surface area contributed by atoms with Crippen molar-refractivity contribution < 1.29 is 24.9 Å². The zero-order chi connectivity index (χ0) is 29.4. The largest absolute Gasteiger partial charge is 0.508 e. The van der Waals surface area contributed by atoms with Crippen molar-refractivity contribution in [3.05, 3.63) is 113 Å². The highest BCUT2D eigenvalue weighted by Gasteiger charge is 2.21. The molecule has 0 radical (unpaired) electrons.